The fourth-order valence-corrected chi connectivity index (χ4v) is 2.96. The van der Waals surface area contributed by atoms with E-state index in [1.165, 1.54) is 12.3 Å². The third-order valence-electron chi connectivity index (χ3n) is 2.84. The predicted molar refractivity (Wildman–Crippen MR) is 76.0 cm³/mol. The lowest BCUT2D eigenvalue weighted by atomic mass is 10.1. The molecule has 0 bridgehead atoms. The fourth-order valence-electron chi connectivity index (χ4n) is 1.78. The number of aromatic nitrogens is 1. The molecule has 1 atom stereocenters. The van der Waals surface area contributed by atoms with Crippen LogP contribution in [0.5, 0.6) is 5.75 Å². The number of nitrogens with one attached hydrogen (secondary N) is 1. The molecule has 106 valence electrons. The lowest BCUT2D eigenvalue weighted by molar-refractivity contribution is 0.413. The second kappa shape index (κ2) is 6.02. The average molecular weight is 292 g/mol. The van der Waals surface area contributed by atoms with Gasteiger partial charge in [0.15, 0.2) is 5.03 Å². The molecule has 1 aromatic heterocycles. The maximum Gasteiger partial charge on any atom is 0.258 e. The van der Waals surface area contributed by atoms with E-state index < -0.39 is 10.0 Å². The molecule has 0 saturated heterocycles. The Balaban J connectivity index is 2.21. The number of rotatable bonds is 5. The minimum absolute atomic E-state index is 0.00902. The van der Waals surface area contributed by atoms with E-state index in [0.717, 1.165) is 5.56 Å². The van der Waals surface area contributed by atoms with Crippen molar-refractivity contribution in [2.75, 3.05) is 7.11 Å². The number of ether oxygens (including phenoxy) is 1. The van der Waals surface area contributed by atoms with Crippen LogP contribution in [0.3, 0.4) is 0 Å². The number of methoxy groups -OCH3 is 1. The highest BCUT2D eigenvalue weighted by atomic mass is 32.2. The van der Waals surface area contributed by atoms with Crippen LogP contribution >= 0.6 is 0 Å². The lowest BCUT2D eigenvalue weighted by Crippen LogP contribution is -2.27. The molecule has 6 heteroatoms. The minimum atomic E-state index is -3.63. The van der Waals surface area contributed by atoms with Crippen LogP contribution < -0.4 is 9.46 Å². The molecule has 1 heterocycles. The van der Waals surface area contributed by atoms with Crippen molar-refractivity contribution < 1.29 is 13.2 Å². The van der Waals surface area contributed by atoms with Crippen LogP contribution in [0.4, 0.5) is 0 Å². The highest BCUT2D eigenvalue weighted by molar-refractivity contribution is 7.89. The molecule has 1 aromatic carbocycles. The fraction of sp³-hybridized carbons (Fsp3) is 0.214. The maximum absolute atomic E-state index is 12.2. The monoisotopic (exact) mass is 292 g/mol. The maximum atomic E-state index is 12.2. The molecule has 0 fully saturated rings. The molecule has 0 amide bonds. The third-order valence-corrected chi connectivity index (χ3v) is 4.29. The van der Waals surface area contributed by atoms with Gasteiger partial charge in [0.1, 0.15) is 5.75 Å². The average Bonchev–Trinajstić information content (AvgIpc) is 2.48. The minimum Gasteiger partial charge on any atom is -0.497 e. The zero-order valence-corrected chi connectivity index (χ0v) is 12.1. The lowest BCUT2D eigenvalue weighted by Gasteiger charge is -2.15. The van der Waals surface area contributed by atoms with Crippen molar-refractivity contribution in [3.8, 4) is 5.75 Å². The Morgan fingerprint density at radius 2 is 2.00 bits per heavy atom. The van der Waals surface area contributed by atoms with Gasteiger partial charge in [0.2, 0.25) is 0 Å². The number of sulfonamides is 1. The first-order valence-corrected chi connectivity index (χ1v) is 7.58. The smallest absolute Gasteiger partial charge is 0.258 e. The molecule has 2 rings (SSSR count). The Bertz CT molecular complexity index is 672. The molecule has 5 nitrogen and oxygen atoms in total. The summed E-state index contributed by atoms with van der Waals surface area (Å²) in [4.78, 5) is 3.86. The summed E-state index contributed by atoms with van der Waals surface area (Å²) >= 11 is 0. The number of benzene rings is 1. The Morgan fingerprint density at radius 3 is 2.65 bits per heavy atom. The number of pyridine rings is 1. The quantitative estimate of drug-likeness (QED) is 0.916. The van der Waals surface area contributed by atoms with Crippen molar-refractivity contribution in [3.63, 3.8) is 0 Å². The Labute approximate surface area is 118 Å². The molecule has 1 N–H and O–H groups in total. The summed E-state index contributed by atoms with van der Waals surface area (Å²) < 4.78 is 32.1. The molecule has 1 unspecified atom stereocenters. The Morgan fingerprint density at radius 1 is 1.20 bits per heavy atom. The van der Waals surface area contributed by atoms with Gasteiger partial charge in [0.05, 0.1) is 7.11 Å². The highest BCUT2D eigenvalue weighted by Gasteiger charge is 2.19. The molecule has 0 aliphatic carbocycles. The first-order valence-electron chi connectivity index (χ1n) is 6.10. The summed E-state index contributed by atoms with van der Waals surface area (Å²) in [5.74, 6) is 0.686. The Kier molecular flexibility index (Phi) is 4.36. The van der Waals surface area contributed by atoms with E-state index in [-0.39, 0.29) is 11.1 Å². The van der Waals surface area contributed by atoms with Gasteiger partial charge in [-0.2, -0.15) is 0 Å². The van der Waals surface area contributed by atoms with Crippen molar-refractivity contribution in [1.82, 2.24) is 9.71 Å². The summed E-state index contributed by atoms with van der Waals surface area (Å²) in [7, 11) is -2.06. The van der Waals surface area contributed by atoms with Crippen molar-refractivity contribution in [2.24, 2.45) is 0 Å². The molecule has 0 saturated carbocycles. The van der Waals surface area contributed by atoms with E-state index in [9.17, 15) is 8.42 Å². The molecule has 20 heavy (non-hydrogen) atoms. The van der Waals surface area contributed by atoms with Crippen LogP contribution in [0.25, 0.3) is 0 Å². The van der Waals surface area contributed by atoms with Crippen molar-refractivity contribution in [2.45, 2.75) is 18.0 Å². The van der Waals surface area contributed by atoms with Gasteiger partial charge in [-0.25, -0.2) is 18.1 Å². The third kappa shape index (κ3) is 3.34. The second-order valence-electron chi connectivity index (χ2n) is 4.29. The van der Waals surface area contributed by atoms with Gasteiger partial charge in [-0.1, -0.05) is 18.2 Å². The van der Waals surface area contributed by atoms with Gasteiger partial charge in [-0.05, 0) is 36.8 Å². The molecule has 2 aromatic rings. The standard InChI is InChI=1S/C14H16N2O3S/c1-11(12-6-5-7-13(10-12)19-2)16-20(17,18)14-8-3-4-9-15-14/h3-11,16H,1-2H3. The van der Waals surface area contributed by atoms with Crippen LogP contribution in [0.15, 0.2) is 53.7 Å². The van der Waals surface area contributed by atoms with Crippen molar-refractivity contribution >= 4 is 10.0 Å². The topological polar surface area (TPSA) is 68.3 Å². The van der Waals surface area contributed by atoms with Gasteiger partial charge in [0, 0.05) is 12.2 Å². The van der Waals surface area contributed by atoms with Gasteiger partial charge < -0.3 is 4.74 Å². The van der Waals surface area contributed by atoms with E-state index in [0.29, 0.717) is 5.75 Å². The van der Waals surface area contributed by atoms with Gasteiger partial charge in [0.25, 0.3) is 10.0 Å². The molecule has 0 radical (unpaired) electrons. The van der Waals surface area contributed by atoms with E-state index >= 15 is 0 Å². The van der Waals surface area contributed by atoms with Crippen molar-refractivity contribution in [3.05, 3.63) is 54.2 Å². The molecule has 0 aliphatic heterocycles. The predicted octanol–water partition coefficient (Wildman–Crippen LogP) is 2.13. The summed E-state index contributed by atoms with van der Waals surface area (Å²) in [6.45, 7) is 1.77. The number of hydrogen-bond acceptors (Lipinski definition) is 4. The largest absolute Gasteiger partial charge is 0.497 e. The van der Waals surface area contributed by atoms with E-state index in [2.05, 4.69) is 9.71 Å². The SMILES string of the molecule is COc1cccc(C(C)NS(=O)(=O)c2ccccn2)c1. The van der Waals surface area contributed by atoms with Crippen LogP contribution in [-0.2, 0) is 10.0 Å². The molecule has 0 aliphatic rings. The van der Waals surface area contributed by atoms with E-state index in [1.807, 2.05) is 18.2 Å². The van der Waals surface area contributed by atoms with E-state index in [1.54, 1.807) is 32.2 Å². The number of hydrogen-bond donors (Lipinski definition) is 1. The normalized spacial score (nSPS) is 12.9. The summed E-state index contributed by atoms with van der Waals surface area (Å²) in [5.41, 5.74) is 0.823. The van der Waals surface area contributed by atoms with Crippen LogP contribution in [-0.4, -0.2) is 20.5 Å². The number of nitrogens with zero attached hydrogens (tertiary/aromatic N) is 1. The van der Waals surface area contributed by atoms with Crippen LogP contribution in [0, 0.1) is 0 Å². The molecular weight excluding hydrogens is 276 g/mol. The van der Waals surface area contributed by atoms with Crippen LogP contribution in [0.2, 0.25) is 0 Å². The van der Waals surface area contributed by atoms with Gasteiger partial charge >= 0.3 is 0 Å². The van der Waals surface area contributed by atoms with E-state index in [4.69, 9.17) is 4.74 Å². The van der Waals surface area contributed by atoms with Crippen LogP contribution in [0.1, 0.15) is 18.5 Å². The second-order valence-corrected chi connectivity index (χ2v) is 5.95. The van der Waals surface area contributed by atoms with Crippen molar-refractivity contribution in [1.29, 1.82) is 0 Å². The zero-order chi connectivity index (χ0) is 14.6. The van der Waals surface area contributed by atoms with Gasteiger partial charge in [-0.15, -0.1) is 0 Å². The summed E-state index contributed by atoms with van der Waals surface area (Å²) in [6.07, 6.45) is 1.45. The molecular formula is C14H16N2O3S. The summed E-state index contributed by atoms with van der Waals surface area (Å²) in [6, 6.07) is 11.7. The van der Waals surface area contributed by atoms with Gasteiger partial charge in [-0.3, -0.25) is 0 Å². The molecule has 0 spiro atoms. The first kappa shape index (κ1) is 14.5. The zero-order valence-electron chi connectivity index (χ0n) is 11.3. The first-order chi connectivity index (χ1) is 9.53. The summed E-state index contributed by atoms with van der Waals surface area (Å²) in [5, 5.41) is 0.00902. The Hall–Kier alpha value is -1.92. The highest BCUT2D eigenvalue weighted by Crippen LogP contribution is 2.20.